The number of carbonyl (C=O) groups is 1. The van der Waals surface area contributed by atoms with Gasteiger partial charge < -0.3 is 9.84 Å². The number of hydrogen-bond acceptors (Lipinski definition) is 4. The first kappa shape index (κ1) is 15.1. The van der Waals surface area contributed by atoms with Crippen molar-refractivity contribution in [2.75, 3.05) is 6.61 Å². The lowest BCUT2D eigenvalue weighted by atomic mass is 10.2. The molecule has 0 radical (unpaired) electrons. The molecule has 0 spiro atoms. The third-order valence-electron chi connectivity index (χ3n) is 2.53. The Morgan fingerprint density at radius 3 is 2.71 bits per heavy atom. The molecule has 0 fully saturated rings. The molecule has 108 valence electrons. The van der Waals surface area contributed by atoms with Gasteiger partial charge in [-0.05, 0) is 40.2 Å². The van der Waals surface area contributed by atoms with Crippen LogP contribution in [0.1, 0.15) is 5.56 Å². The van der Waals surface area contributed by atoms with E-state index in [-0.39, 0.29) is 12.4 Å². The van der Waals surface area contributed by atoms with E-state index in [4.69, 9.17) is 4.74 Å². The van der Waals surface area contributed by atoms with Crippen LogP contribution in [0.25, 0.3) is 0 Å². The number of rotatable bonds is 5. The fraction of sp³-hybridized carbons (Fsp3) is 0.0667. The maximum absolute atomic E-state index is 11.6. The average Bonchev–Trinajstić information content (AvgIpc) is 2.48. The smallest absolute Gasteiger partial charge is 0.277 e. The molecule has 5 nitrogen and oxygen atoms in total. The Morgan fingerprint density at radius 1 is 1.24 bits per heavy atom. The van der Waals surface area contributed by atoms with Gasteiger partial charge in [-0.2, -0.15) is 5.10 Å². The van der Waals surface area contributed by atoms with Crippen LogP contribution in [-0.4, -0.2) is 23.8 Å². The number of hydrazone groups is 1. The van der Waals surface area contributed by atoms with Gasteiger partial charge in [-0.25, -0.2) is 5.43 Å². The lowest BCUT2D eigenvalue weighted by molar-refractivity contribution is -0.123. The first-order chi connectivity index (χ1) is 10.2. The van der Waals surface area contributed by atoms with Gasteiger partial charge in [0.15, 0.2) is 6.61 Å². The Hall–Kier alpha value is -2.34. The fourth-order valence-corrected chi connectivity index (χ4v) is 1.91. The normalized spacial score (nSPS) is 10.5. The molecule has 2 rings (SSSR count). The SMILES string of the molecule is O=C(COc1ccccc1Br)N/N=C/c1ccccc1O. The van der Waals surface area contributed by atoms with E-state index in [2.05, 4.69) is 26.5 Å². The third-order valence-corrected chi connectivity index (χ3v) is 3.18. The molecule has 2 N–H and O–H groups in total. The predicted molar refractivity (Wildman–Crippen MR) is 83.5 cm³/mol. The summed E-state index contributed by atoms with van der Waals surface area (Å²) in [5.74, 6) is 0.287. The zero-order chi connectivity index (χ0) is 15.1. The summed E-state index contributed by atoms with van der Waals surface area (Å²) in [5, 5.41) is 13.3. The van der Waals surface area contributed by atoms with Crippen LogP contribution in [0.5, 0.6) is 11.5 Å². The molecule has 0 atom stereocenters. The van der Waals surface area contributed by atoms with Crippen LogP contribution in [0.4, 0.5) is 0 Å². The highest BCUT2D eigenvalue weighted by Gasteiger charge is 2.04. The van der Waals surface area contributed by atoms with Crippen LogP contribution in [0.2, 0.25) is 0 Å². The number of carbonyl (C=O) groups excluding carboxylic acids is 1. The lowest BCUT2D eigenvalue weighted by Gasteiger charge is -2.06. The van der Waals surface area contributed by atoms with E-state index in [1.165, 1.54) is 6.21 Å². The van der Waals surface area contributed by atoms with Crippen molar-refractivity contribution in [2.45, 2.75) is 0 Å². The van der Waals surface area contributed by atoms with Gasteiger partial charge in [0.1, 0.15) is 11.5 Å². The maximum Gasteiger partial charge on any atom is 0.277 e. The van der Waals surface area contributed by atoms with Crippen molar-refractivity contribution < 1.29 is 14.6 Å². The van der Waals surface area contributed by atoms with Gasteiger partial charge in [-0.3, -0.25) is 4.79 Å². The molecular formula is C15H13BrN2O3. The summed E-state index contributed by atoms with van der Waals surface area (Å²) in [6.07, 6.45) is 1.37. The molecule has 0 aliphatic rings. The van der Waals surface area contributed by atoms with Crippen LogP contribution in [0.3, 0.4) is 0 Å². The number of hydrogen-bond donors (Lipinski definition) is 2. The topological polar surface area (TPSA) is 70.9 Å². The molecule has 0 aliphatic carbocycles. The zero-order valence-electron chi connectivity index (χ0n) is 11.0. The van der Waals surface area contributed by atoms with Gasteiger partial charge in [0.05, 0.1) is 10.7 Å². The van der Waals surface area contributed by atoms with Crippen LogP contribution in [0, 0.1) is 0 Å². The van der Waals surface area contributed by atoms with Crippen LogP contribution in [-0.2, 0) is 4.79 Å². The highest BCUT2D eigenvalue weighted by Crippen LogP contribution is 2.23. The summed E-state index contributed by atoms with van der Waals surface area (Å²) in [4.78, 5) is 11.6. The first-order valence-corrected chi connectivity index (χ1v) is 6.93. The van der Waals surface area contributed by atoms with Gasteiger partial charge in [-0.15, -0.1) is 0 Å². The van der Waals surface area contributed by atoms with Gasteiger partial charge in [0, 0.05) is 5.56 Å². The van der Waals surface area contributed by atoms with Gasteiger partial charge in [0.25, 0.3) is 5.91 Å². The second-order valence-corrected chi connectivity index (χ2v) is 4.93. The summed E-state index contributed by atoms with van der Waals surface area (Å²) < 4.78 is 6.12. The van der Waals surface area contributed by atoms with Crippen LogP contribution < -0.4 is 10.2 Å². The Kier molecular flexibility index (Phi) is 5.34. The van der Waals surface area contributed by atoms with Crippen molar-refractivity contribution in [2.24, 2.45) is 5.10 Å². The third kappa shape index (κ3) is 4.61. The quantitative estimate of drug-likeness (QED) is 0.644. The van der Waals surface area contributed by atoms with Crippen molar-refractivity contribution in [3.05, 3.63) is 58.6 Å². The predicted octanol–water partition coefficient (Wildman–Crippen LogP) is 2.68. The molecule has 1 amide bonds. The van der Waals surface area contributed by atoms with E-state index in [1.807, 2.05) is 18.2 Å². The number of ether oxygens (including phenoxy) is 1. The molecule has 0 saturated carbocycles. The molecule has 0 aromatic heterocycles. The minimum atomic E-state index is -0.391. The second kappa shape index (κ2) is 7.44. The Morgan fingerprint density at radius 2 is 1.95 bits per heavy atom. The summed E-state index contributed by atoms with van der Waals surface area (Å²) in [5.41, 5.74) is 2.85. The summed E-state index contributed by atoms with van der Waals surface area (Å²) >= 11 is 3.32. The van der Waals surface area contributed by atoms with Crippen molar-refractivity contribution in [3.8, 4) is 11.5 Å². The number of benzene rings is 2. The minimum Gasteiger partial charge on any atom is -0.507 e. The average molecular weight is 349 g/mol. The Bertz CT molecular complexity index is 659. The lowest BCUT2D eigenvalue weighted by Crippen LogP contribution is -2.24. The Balaban J connectivity index is 1.83. The number of nitrogens with zero attached hydrogens (tertiary/aromatic N) is 1. The van der Waals surface area contributed by atoms with Crippen molar-refractivity contribution >= 4 is 28.1 Å². The van der Waals surface area contributed by atoms with Crippen molar-refractivity contribution in [3.63, 3.8) is 0 Å². The minimum absolute atomic E-state index is 0.0972. The number of nitrogens with one attached hydrogen (secondary N) is 1. The van der Waals surface area contributed by atoms with E-state index in [1.54, 1.807) is 30.3 Å². The molecule has 6 heteroatoms. The molecule has 0 unspecified atom stereocenters. The maximum atomic E-state index is 11.6. The second-order valence-electron chi connectivity index (χ2n) is 4.07. The molecule has 0 saturated heterocycles. The first-order valence-electron chi connectivity index (χ1n) is 6.14. The number of amides is 1. The molecule has 0 aliphatic heterocycles. The Labute approximate surface area is 130 Å². The summed E-state index contributed by atoms with van der Waals surface area (Å²) in [6.45, 7) is -0.152. The van der Waals surface area contributed by atoms with Gasteiger partial charge >= 0.3 is 0 Å². The van der Waals surface area contributed by atoms with E-state index in [0.717, 1.165) is 4.47 Å². The molecule has 0 heterocycles. The van der Waals surface area contributed by atoms with E-state index < -0.39 is 5.91 Å². The van der Waals surface area contributed by atoms with Crippen LogP contribution >= 0.6 is 15.9 Å². The number of phenols is 1. The molecule has 2 aromatic rings. The largest absolute Gasteiger partial charge is 0.507 e. The highest BCUT2D eigenvalue weighted by atomic mass is 79.9. The number of phenolic OH excluding ortho intramolecular Hbond substituents is 1. The summed E-state index contributed by atoms with van der Waals surface area (Å²) in [7, 11) is 0. The number of halogens is 1. The van der Waals surface area contributed by atoms with E-state index in [9.17, 15) is 9.90 Å². The molecule has 0 bridgehead atoms. The monoisotopic (exact) mass is 348 g/mol. The number of para-hydroxylation sites is 2. The fourth-order valence-electron chi connectivity index (χ4n) is 1.51. The number of aromatic hydroxyl groups is 1. The van der Waals surface area contributed by atoms with Crippen molar-refractivity contribution in [1.29, 1.82) is 0 Å². The van der Waals surface area contributed by atoms with Crippen molar-refractivity contribution in [1.82, 2.24) is 5.43 Å². The molecule has 2 aromatic carbocycles. The molecular weight excluding hydrogens is 336 g/mol. The van der Waals surface area contributed by atoms with Gasteiger partial charge in [-0.1, -0.05) is 24.3 Å². The van der Waals surface area contributed by atoms with Gasteiger partial charge in [0.2, 0.25) is 0 Å². The summed E-state index contributed by atoms with van der Waals surface area (Å²) in [6, 6.07) is 13.9. The molecule has 21 heavy (non-hydrogen) atoms. The van der Waals surface area contributed by atoms with E-state index >= 15 is 0 Å². The zero-order valence-corrected chi connectivity index (χ0v) is 12.6. The standard InChI is InChI=1S/C15H13BrN2O3/c16-12-6-2-4-8-14(12)21-10-15(20)18-17-9-11-5-1-3-7-13(11)19/h1-9,19H,10H2,(H,18,20)/b17-9+. The van der Waals surface area contributed by atoms with Crippen LogP contribution in [0.15, 0.2) is 58.1 Å². The van der Waals surface area contributed by atoms with E-state index in [0.29, 0.717) is 11.3 Å². The highest BCUT2D eigenvalue weighted by molar-refractivity contribution is 9.10.